The molecule has 0 fully saturated rings. The van der Waals surface area contributed by atoms with Gasteiger partial charge in [-0.3, -0.25) is 4.79 Å². The van der Waals surface area contributed by atoms with Crippen LogP contribution >= 0.6 is 27.7 Å². The summed E-state index contributed by atoms with van der Waals surface area (Å²) in [5.74, 6) is 1.32. The van der Waals surface area contributed by atoms with Gasteiger partial charge in [0.05, 0.1) is 0 Å². The molecule has 3 nitrogen and oxygen atoms in total. The molecule has 1 rings (SSSR count). The van der Waals surface area contributed by atoms with Gasteiger partial charge in [0.25, 0.3) is 0 Å². The minimum atomic E-state index is -0.272. The van der Waals surface area contributed by atoms with Crippen LogP contribution in [0, 0.1) is 0 Å². The van der Waals surface area contributed by atoms with Crippen molar-refractivity contribution in [2.45, 2.75) is 6.92 Å². The van der Waals surface area contributed by atoms with E-state index >= 15 is 0 Å². The molecule has 0 aliphatic rings. The van der Waals surface area contributed by atoms with Crippen molar-refractivity contribution in [3.63, 3.8) is 0 Å². The van der Waals surface area contributed by atoms with E-state index in [-0.39, 0.29) is 5.97 Å². The Morgan fingerprint density at radius 1 is 1.33 bits per heavy atom. The third kappa shape index (κ3) is 5.69. The zero-order valence-corrected chi connectivity index (χ0v) is 10.6. The summed E-state index contributed by atoms with van der Waals surface area (Å²) in [7, 11) is 0. The SMILES string of the molecule is CC(=O)OCSCOc1ccc(Br)cc1. The number of rotatable bonds is 5. The Morgan fingerprint density at radius 3 is 2.60 bits per heavy atom. The third-order valence-corrected chi connectivity index (χ3v) is 2.57. The van der Waals surface area contributed by atoms with Crippen molar-refractivity contribution >= 4 is 33.7 Å². The summed E-state index contributed by atoms with van der Waals surface area (Å²) in [5.41, 5.74) is 0. The van der Waals surface area contributed by atoms with Crippen molar-refractivity contribution in [3.8, 4) is 5.75 Å². The smallest absolute Gasteiger partial charge is 0.303 e. The molecule has 0 aliphatic heterocycles. The maximum atomic E-state index is 10.4. The molecule has 82 valence electrons. The maximum Gasteiger partial charge on any atom is 0.303 e. The summed E-state index contributed by atoms with van der Waals surface area (Å²) >= 11 is 4.74. The molecule has 0 unspecified atom stereocenters. The van der Waals surface area contributed by atoms with Crippen LogP contribution in [0.1, 0.15) is 6.92 Å². The molecule has 0 heterocycles. The van der Waals surface area contributed by atoms with Crippen LogP contribution in [0.4, 0.5) is 0 Å². The average molecular weight is 291 g/mol. The van der Waals surface area contributed by atoms with E-state index in [1.165, 1.54) is 18.7 Å². The van der Waals surface area contributed by atoms with Gasteiger partial charge in [0.1, 0.15) is 17.6 Å². The standard InChI is InChI=1S/C10H11BrO3S/c1-8(12)13-6-15-7-14-10-4-2-9(11)3-5-10/h2-5H,6-7H2,1H3. The van der Waals surface area contributed by atoms with Gasteiger partial charge in [-0.05, 0) is 24.3 Å². The van der Waals surface area contributed by atoms with Gasteiger partial charge in [-0.15, -0.1) is 0 Å². The first kappa shape index (κ1) is 12.4. The number of ether oxygens (including phenoxy) is 2. The molecule has 0 radical (unpaired) electrons. The van der Waals surface area contributed by atoms with Crippen LogP contribution in [0.2, 0.25) is 0 Å². The fraction of sp³-hybridized carbons (Fsp3) is 0.300. The predicted molar refractivity (Wildman–Crippen MR) is 63.9 cm³/mol. The Hall–Kier alpha value is -0.680. The van der Waals surface area contributed by atoms with Gasteiger partial charge in [-0.25, -0.2) is 0 Å². The lowest BCUT2D eigenvalue weighted by Crippen LogP contribution is -2.00. The molecule has 0 bridgehead atoms. The van der Waals surface area contributed by atoms with E-state index in [1.807, 2.05) is 24.3 Å². The third-order valence-electron chi connectivity index (χ3n) is 1.47. The molecular formula is C10H11BrO3S. The van der Waals surface area contributed by atoms with E-state index in [0.717, 1.165) is 10.2 Å². The van der Waals surface area contributed by atoms with Crippen molar-refractivity contribution in [2.75, 3.05) is 11.9 Å². The van der Waals surface area contributed by atoms with Gasteiger partial charge < -0.3 is 9.47 Å². The second-order valence-electron chi connectivity index (χ2n) is 2.67. The van der Waals surface area contributed by atoms with E-state index in [9.17, 15) is 4.79 Å². The summed E-state index contributed by atoms with van der Waals surface area (Å²) in [4.78, 5) is 10.4. The largest absolute Gasteiger partial charge is 0.483 e. The zero-order valence-electron chi connectivity index (χ0n) is 8.23. The molecule has 0 N–H and O–H groups in total. The van der Waals surface area contributed by atoms with Gasteiger partial charge in [0.2, 0.25) is 0 Å². The lowest BCUT2D eigenvalue weighted by Gasteiger charge is -2.05. The Morgan fingerprint density at radius 2 is 2.00 bits per heavy atom. The number of thioether (sulfide) groups is 1. The molecule has 0 aromatic heterocycles. The highest BCUT2D eigenvalue weighted by Crippen LogP contribution is 2.17. The minimum absolute atomic E-state index is 0.272. The van der Waals surface area contributed by atoms with E-state index in [4.69, 9.17) is 9.47 Å². The Labute approximate surface area is 101 Å². The van der Waals surface area contributed by atoms with Gasteiger partial charge in [-0.2, -0.15) is 0 Å². The highest BCUT2D eigenvalue weighted by atomic mass is 79.9. The minimum Gasteiger partial charge on any atom is -0.483 e. The number of halogens is 1. The van der Waals surface area contributed by atoms with Crippen LogP contribution in [-0.4, -0.2) is 17.8 Å². The van der Waals surface area contributed by atoms with Gasteiger partial charge in [-0.1, -0.05) is 27.7 Å². The Bertz CT molecular complexity index is 313. The Balaban J connectivity index is 2.15. The second-order valence-corrected chi connectivity index (χ2v) is 4.47. The van der Waals surface area contributed by atoms with Gasteiger partial charge in [0, 0.05) is 11.4 Å². The average Bonchev–Trinajstić information content (AvgIpc) is 2.20. The zero-order chi connectivity index (χ0) is 11.1. The molecule has 0 aliphatic carbocycles. The van der Waals surface area contributed by atoms with E-state index < -0.39 is 0 Å². The normalized spacial score (nSPS) is 9.73. The van der Waals surface area contributed by atoms with Crippen molar-refractivity contribution in [3.05, 3.63) is 28.7 Å². The molecule has 0 saturated heterocycles. The molecule has 1 aromatic carbocycles. The summed E-state index contributed by atoms with van der Waals surface area (Å²) in [6.07, 6.45) is 0. The molecule has 0 saturated carbocycles. The van der Waals surface area contributed by atoms with Crippen LogP contribution in [0.25, 0.3) is 0 Å². The molecule has 1 aromatic rings. The summed E-state index contributed by atoms with van der Waals surface area (Å²) in [5, 5.41) is 0. The first-order valence-electron chi connectivity index (χ1n) is 4.28. The number of benzene rings is 1. The fourth-order valence-electron chi connectivity index (χ4n) is 0.799. The summed E-state index contributed by atoms with van der Waals surface area (Å²) in [6, 6.07) is 7.56. The first-order chi connectivity index (χ1) is 7.18. The van der Waals surface area contributed by atoms with Crippen LogP contribution in [0.3, 0.4) is 0 Å². The lowest BCUT2D eigenvalue weighted by molar-refractivity contribution is -0.138. The van der Waals surface area contributed by atoms with Crippen LogP contribution in [0.15, 0.2) is 28.7 Å². The fourth-order valence-corrected chi connectivity index (χ4v) is 1.60. The molecule has 15 heavy (non-hydrogen) atoms. The van der Waals surface area contributed by atoms with Crippen molar-refractivity contribution in [1.29, 1.82) is 0 Å². The van der Waals surface area contributed by atoms with Gasteiger partial charge >= 0.3 is 5.97 Å². The van der Waals surface area contributed by atoms with Crippen molar-refractivity contribution in [1.82, 2.24) is 0 Å². The number of esters is 1. The molecule has 0 spiro atoms. The van der Waals surface area contributed by atoms with E-state index in [0.29, 0.717) is 11.9 Å². The molecule has 0 atom stereocenters. The molecule has 5 heteroatoms. The topological polar surface area (TPSA) is 35.5 Å². The maximum absolute atomic E-state index is 10.4. The van der Waals surface area contributed by atoms with E-state index in [1.54, 1.807) is 0 Å². The summed E-state index contributed by atoms with van der Waals surface area (Å²) in [6.45, 7) is 1.39. The number of hydrogen-bond acceptors (Lipinski definition) is 4. The quantitative estimate of drug-likeness (QED) is 0.474. The number of carbonyl (C=O) groups is 1. The van der Waals surface area contributed by atoms with Crippen molar-refractivity contribution < 1.29 is 14.3 Å². The number of hydrogen-bond donors (Lipinski definition) is 0. The molecule has 0 amide bonds. The Kier molecular flexibility index (Phi) is 5.57. The lowest BCUT2D eigenvalue weighted by atomic mass is 10.3. The number of carbonyl (C=O) groups excluding carboxylic acids is 1. The van der Waals surface area contributed by atoms with E-state index in [2.05, 4.69) is 15.9 Å². The van der Waals surface area contributed by atoms with Crippen LogP contribution < -0.4 is 4.74 Å². The monoisotopic (exact) mass is 290 g/mol. The van der Waals surface area contributed by atoms with Crippen molar-refractivity contribution in [2.24, 2.45) is 0 Å². The predicted octanol–water partition coefficient (Wildman–Crippen LogP) is 3.04. The van der Waals surface area contributed by atoms with Gasteiger partial charge in [0.15, 0.2) is 0 Å². The van der Waals surface area contributed by atoms with Crippen LogP contribution in [-0.2, 0) is 9.53 Å². The second kappa shape index (κ2) is 6.74. The highest BCUT2D eigenvalue weighted by molar-refractivity contribution is 9.10. The molecular weight excluding hydrogens is 280 g/mol. The first-order valence-corrected chi connectivity index (χ1v) is 6.23. The summed E-state index contributed by atoms with van der Waals surface area (Å²) < 4.78 is 11.1. The highest BCUT2D eigenvalue weighted by Gasteiger charge is 1.95. The van der Waals surface area contributed by atoms with Crippen LogP contribution in [0.5, 0.6) is 5.75 Å².